The van der Waals surface area contributed by atoms with Gasteiger partial charge in [-0.2, -0.15) is 0 Å². The summed E-state index contributed by atoms with van der Waals surface area (Å²) < 4.78 is 1.21. The van der Waals surface area contributed by atoms with Crippen LogP contribution in [-0.2, 0) is 11.3 Å². The molecule has 0 aromatic carbocycles. The van der Waals surface area contributed by atoms with Crippen molar-refractivity contribution in [2.24, 2.45) is 0 Å². The van der Waals surface area contributed by atoms with E-state index >= 15 is 0 Å². The summed E-state index contributed by atoms with van der Waals surface area (Å²) >= 11 is 0. The van der Waals surface area contributed by atoms with Crippen LogP contribution in [0.5, 0.6) is 0 Å². The fourth-order valence-corrected chi connectivity index (χ4v) is 1.22. The van der Waals surface area contributed by atoms with Gasteiger partial charge in [0.15, 0.2) is 0 Å². The molecule has 0 atom stereocenters. The number of hydrogen-bond acceptors (Lipinski definition) is 3. The number of aromatic nitrogens is 1. The van der Waals surface area contributed by atoms with Gasteiger partial charge in [-0.1, -0.05) is 0 Å². The summed E-state index contributed by atoms with van der Waals surface area (Å²) in [5.74, 6) is -1.47. The molecule has 1 rings (SSSR count). The van der Waals surface area contributed by atoms with Gasteiger partial charge in [-0.05, 0) is 12.1 Å². The van der Waals surface area contributed by atoms with E-state index in [2.05, 4.69) is 5.32 Å². The Labute approximate surface area is 91.5 Å². The highest BCUT2D eigenvalue weighted by atomic mass is 16.4. The number of carboxylic acids is 1. The minimum Gasteiger partial charge on any atom is -0.477 e. The number of carboxylic acid groups (broad SMARTS) is 1. The van der Waals surface area contributed by atoms with E-state index < -0.39 is 11.5 Å². The number of hydrogen-bond donors (Lipinski definition) is 2. The number of amides is 1. The van der Waals surface area contributed by atoms with Crippen molar-refractivity contribution in [3.8, 4) is 0 Å². The van der Waals surface area contributed by atoms with Crippen molar-refractivity contribution >= 4 is 11.9 Å². The number of aromatic carboxylic acids is 1. The molecule has 16 heavy (non-hydrogen) atoms. The first-order valence-electron chi connectivity index (χ1n) is 4.69. The van der Waals surface area contributed by atoms with Crippen LogP contribution in [0.4, 0.5) is 0 Å². The highest BCUT2D eigenvalue weighted by Gasteiger charge is 2.10. The lowest BCUT2D eigenvalue weighted by molar-refractivity contribution is -0.120. The van der Waals surface area contributed by atoms with E-state index in [1.807, 2.05) is 0 Å². The van der Waals surface area contributed by atoms with Crippen molar-refractivity contribution in [1.82, 2.24) is 9.88 Å². The van der Waals surface area contributed by atoms with E-state index in [0.29, 0.717) is 0 Å². The van der Waals surface area contributed by atoms with Gasteiger partial charge in [0.05, 0.1) is 0 Å². The molecule has 0 radical (unpaired) electrons. The molecule has 0 aliphatic heterocycles. The fraction of sp³-hybridized carbons (Fsp3) is 0.300. The summed E-state index contributed by atoms with van der Waals surface area (Å²) in [5, 5.41) is 11.1. The lowest BCUT2D eigenvalue weighted by Crippen LogP contribution is -2.28. The molecule has 0 unspecified atom stereocenters. The van der Waals surface area contributed by atoms with Gasteiger partial charge in [-0.15, -0.1) is 0 Å². The number of rotatable bonds is 4. The highest BCUT2D eigenvalue weighted by Crippen LogP contribution is 1.93. The third-order valence-corrected chi connectivity index (χ3v) is 2.11. The normalized spacial score (nSPS) is 9.81. The zero-order valence-electron chi connectivity index (χ0n) is 8.77. The maximum Gasteiger partial charge on any atom is 0.341 e. The summed E-state index contributed by atoms with van der Waals surface area (Å²) in [5.41, 5.74) is -0.890. The number of carbonyl (C=O) groups excluding carboxylic acids is 1. The van der Waals surface area contributed by atoms with Crippen LogP contribution in [-0.4, -0.2) is 28.6 Å². The maximum absolute atomic E-state index is 11.6. The van der Waals surface area contributed by atoms with E-state index in [9.17, 15) is 14.4 Å². The molecule has 1 aromatic heterocycles. The molecule has 0 aliphatic rings. The Morgan fingerprint density at radius 3 is 2.75 bits per heavy atom. The predicted octanol–water partition coefficient (Wildman–Crippen LogP) is -0.317. The number of pyridine rings is 1. The molecule has 2 N–H and O–H groups in total. The monoisotopic (exact) mass is 224 g/mol. The van der Waals surface area contributed by atoms with Crippen LogP contribution in [0.1, 0.15) is 16.8 Å². The molecule has 1 amide bonds. The van der Waals surface area contributed by atoms with Crippen LogP contribution in [0.15, 0.2) is 23.1 Å². The molecular weight excluding hydrogens is 212 g/mol. The van der Waals surface area contributed by atoms with Gasteiger partial charge in [-0.25, -0.2) is 4.79 Å². The molecule has 1 aromatic rings. The molecule has 0 bridgehead atoms. The Bertz CT molecular complexity index is 464. The van der Waals surface area contributed by atoms with Crippen LogP contribution in [0.3, 0.4) is 0 Å². The second-order valence-electron chi connectivity index (χ2n) is 3.15. The number of carbonyl (C=O) groups is 2. The van der Waals surface area contributed by atoms with Crippen LogP contribution >= 0.6 is 0 Å². The first-order valence-corrected chi connectivity index (χ1v) is 4.69. The van der Waals surface area contributed by atoms with Gasteiger partial charge >= 0.3 is 5.97 Å². The summed E-state index contributed by atoms with van der Waals surface area (Å²) in [6, 6.07) is 2.70. The lowest BCUT2D eigenvalue weighted by atomic mass is 10.2. The largest absolute Gasteiger partial charge is 0.477 e. The first-order chi connectivity index (χ1) is 7.56. The highest BCUT2D eigenvalue weighted by molar-refractivity contribution is 5.87. The number of aryl methyl sites for hydroxylation is 1. The third kappa shape index (κ3) is 2.69. The minimum absolute atomic E-state index is 0.138. The smallest absolute Gasteiger partial charge is 0.341 e. The molecule has 1 heterocycles. The second-order valence-corrected chi connectivity index (χ2v) is 3.15. The molecule has 86 valence electrons. The van der Waals surface area contributed by atoms with Crippen LogP contribution in [0.25, 0.3) is 0 Å². The van der Waals surface area contributed by atoms with Gasteiger partial charge in [-0.3, -0.25) is 9.59 Å². The van der Waals surface area contributed by atoms with Crippen molar-refractivity contribution in [2.75, 3.05) is 7.05 Å². The molecule has 0 saturated carbocycles. The Morgan fingerprint density at radius 2 is 2.19 bits per heavy atom. The van der Waals surface area contributed by atoms with E-state index in [4.69, 9.17) is 5.11 Å². The van der Waals surface area contributed by atoms with Crippen molar-refractivity contribution in [3.63, 3.8) is 0 Å². The predicted molar refractivity (Wildman–Crippen MR) is 56.3 cm³/mol. The summed E-state index contributed by atoms with van der Waals surface area (Å²) in [7, 11) is 1.50. The van der Waals surface area contributed by atoms with E-state index in [1.54, 1.807) is 0 Å². The van der Waals surface area contributed by atoms with Crippen molar-refractivity contribution in [3.05, 3.63) is 34.2 Å². The topological polar surface area (TPSA) is 88.4 Å². The molecule has 0 aliphatic carbocycles. The van der Waals surface area contributed by atoms with Crippen molar-refractivity contribution < 1.29 is 14.7 Å². The Morgan fingerprint density at radius 1 is 1.50 bits per heavy atom. The number of nitrogens with one attached hydrogen (secondary N) is 1. The van der Waals surface area contributed by atoms with Gasteiger partial charge < -0.3 is 15.0 Å². The summed E-state index contributed by atoms with van der Waals surface area (Å²) in [4.78, 5) is 33.2. The maximum atomic E-state index is 11.6. The lowest BCUT2D eigenvalue weighted by Gasteiger charge is -2.05. The van der Waals surface area contributed by atoms with E-state index in [-0.39, 0.29) is 24.4 Å². The van der Waals surface area contributed by atoms with Crippen molar-refractivity contribution in [1.29, 1.82) is 0 Å². The summed E-state index contributed by atoms with van der Waals surface area (Å²) in [6.07, 6.45) is 1.59. The quantitative estimate of drug-likeness (QED) is 0.733. The fourth-order valence-electron chi connectivity index (χ4n) is 1.22. The van der Waals surface area contributed by atoms with Crippen LogP contribution in [0.2, 0.25) is 0 Å². The zero-order valence-corrected chi connectivity index (χ0v) is 8.77. The second kappa shape index (κ2) is 5.11. The Hall–Kier alpha value is -2.11. The minimum atomic E-state index is -1.26. The van der Waals surface area contributed by atoms with E-state index in [0.717, 1.165) is 0 Å². The molecule has 6 nitrogen and oxygen atoms in total. The third-order valence-electron chi connectivity index (χ3n) is 2.11. The average molecular weight is 224 g/mol. The SMILES string of the molecule is CNC(=O)CCn1cccc(C(=O)O)c1=O. The number of nitrogens with zero attached hydrogens (tertiary/aromatic N) is 1. The van der Waals surface area contributed by atoms with Crippen LogP contribution < -0.4 is 10.9 Å². The Balaban J connectivity index is 2.90. The molecule has 0 saturated heterocycles. The first kappa shape index (κ1) is 12.0. The summed E-state index contributed by atoms with van der Waals surface area (Å²) in [6.45, 7) is 0.166. The van der Waals surface area contributed by atoms with Gasteiger partial charge in [0.1, 0.15) is 5.56 Å². The zero-order chi connectivity index (χ0) is 12.1. The van der Waals surface area contributed by atoms with Gasteiger partial charge in [0.2, 0.25) is 5.91 Å². The van der Waals surface area contributed by atoms with Crippen molar-refractivity contribution in [2.45, 2.75) is 13.0 Å². The van der Waals surface area contributed by atoms with Gasteiger partial charge in [0, 0.05) is 26.2 Å². The molecule has 0 fully saturated rings. The standard InChI is InChI=1S/C10H12N2O4/c1-11-8(13)4-6-12-5-2-3-7(9(12)14)10(15)16/h2-3,5H,4,6H2,1H3,(H,11,13)(H,15,16). The average Bonchev–Trinajstić information content (AvgIpc) is 2.26. The van der Waals surface area contributed by atoms with E-state index in [1.165, 1.54) is 29.9 Å². The molecule has 0 spiro atoms. The molecular formula is C10H12N2O4. The Kier molecular flexibility index (Phi) is 3.82. The van der Waals surface area contributed by atoms with Gasteiger partial charge in [0.25, 0.3) is 5.56 Å². The molecule has 6 heteroatoms. The van der Waals surface area contributed by atoms with Crippen LogP contribution in [0, 0.1) is 0 Å².